The Labute approximate surface area is 277 Å². The maximum Gasteiger partial charge on any atom is 0.259 e. The fourth-order valence-electron chi connectivity index (χ4n) is 6.32. The van der Waals surface area contributed by atoms with Crippen LogP contribution in [0.25, 0.3) is 11.1 Å². The SMILES string of the molecule is C=C[C@@H]1C[C@]1(NC(=O)[C@@H]1C[C@@](SC(C)C)(c2ccc(-c3ccccc3)cc2)CN1C(=O)[C@@H](N)C(C)(C)C)C(=O)NS(=O)(=O)C1CC1. The molecule has 0 spiro atoms. The molecule has 0 aromatic heterocycles. The van der Waals surface area contributed by atoms with Crippen molar-refractivity contribution in [1.29, 1.82) is 0 Å². The Morgan fingerprint density at radius 1 is 1.02 bits per heavy atom. The molecule has 1 heterocycles. The second-order valence-electron chi connectivity index (χ2n) is 14.3. The summed E-state index contributed by atoms with van der Waals surface area (Å²) in [4.78, 5) is 43.4. The Morgan fingerprint density at radius 3 is 2.15 bits per heavy atom. The molecule has 1 saturated heterocycles. The van der Waals surface area contributed by atoms with E-state index >= 15 is 0 Å². The molecule has 3 aliphatic rings. The molecule has 3 fully saturated rings. The normalized spacial score (nSPS) is 26.8. The second-order valence-corrected chi connectivity index (χ2v) is 18.2. The molecular weight excluding hydrogens is 621 g/mol. The highest BCUT2D eigenvalue weighted by atomic mass is 32.2. The van der Waals surface area contributed by atoms with Gasteiger partial charge in [0.1, 0.15) is 11.6 Å². The topological polar surface area (TPSA) is 139 Å². The Balaban J connectivity index is 1.49. The predicted octanol–water partition coefficient (Wildman–Crippen LogP) is 4.33. The molecule has 1 aliphatic heterocycles. The smallest absolute Gasteiger partial charge is 0.259 e. The number of carbonyl (C=O) groups excluding carboxylic acids is 3. The minimum Gasteiger partial charge on any atom is -0.339 e. The van der Waals surface area contributed by atoms with Gasteiger partial charge in [0.2, 0.25) is 21.8 Å². The summed E-state index contributed by atoms with van der Waals surface area (Å²) in [5, 5.41) is 2.48. The highest BCUT2D eigenvalue weighted by molar-refractivity contribution is 8.00. The number of nitrogens with zero attached hydrogens (tertiary/aromatic N) is 1. The first-order valence-electron chi connectivity index (χ1n) is 15.9. The molecule has 46 heavy (non-hydrogen) atoms. The van der Waals surface area contributed by atoms with Crippen molar-refractivity contribution in [2.45, 2.75) is 93.2 Å². The van der Waals surface area contributed by atoms with E-state index in [2.05, 4.69) is 54.7 Å². The van der Waals surface area contributed by atoms with Crippen LogP contribution in [0.15, 0.2) is 67.3 Å². The van der Waals surface area contributed by atoms with Gasteiger partial charge < -0.3 is 16.0 Å². The molecule has 0 radical (unpaired) electrons. The van der Waals surface area contributed by atoms with Crippen LogP contribution in [0.2, 0.25) is 0 Å². The lowest BCUT2D eigenvalue weighted by Crippen LogP contribution is -2.59. The van der Waals surface area contributed by atoms with Gasteiger partial charge in [0.25, 0.3) is 5.91 Å². The Hall–Kier alpha value is -3.15. The molecule has 0 unspecified atom stereocenters. The van der Waals surface area contributed by atoms with Gasteiger partial charge in [0.05, 0.1) is 16.0 Å². The van der Waals surface area contributed by atoms with Gasteiger partial charge >= 0.3 is 0 Å². The third-order valence-electron chi connectivity index (χ3n) is 9.34. The van der Waals surface area contributed by atoms with Crippen LogP contribution < -0.4 is 15.8 Å². The van der Waals surface area contributed by atoms with Crippen LogP contribution in [-0.4, -0.2) is 65.7 Å². The molecule has 9 nitrogen and oxygen atoms in total. The molecule has 2 aliphatic carbocycles. The molecule has 11 heteroatoms. The van der Waals surface area contributed by atoms with Gasteiger partial charge in [-0.15, -0.1) is 18.3 Å². The standard InChI is InChI=1S/C35H46N4O5S2/c1-7-25-19-35(25,32(42)38-46(43,44)27-17-18-27)37-30(40)28-20-34(45-22(2)3,21-39(28)31(41)29(36)33(4,5)6)26-15-13-24(14-16-26)23-11-9-8-10-12-23/h7-16,22,25,27-29H,1,17-21,36H2,2-6H3,(H,37,40)(H,38,42)/t25-,28+,29-,34+,35-/m1/s1. The van der Waals surface area contributed by atoms with Crippen LogP contribution in [0.4, 0.5) is 0 Å². The van der Waals surface area contributed by atoms with Gasteiger partial charge in [-0.1, -0.05) is 95.3 Å². The number of hydrogen-bond acceptors (Lipinski definition) is 7. The Bertz CT molecular complexity index is 1600. The number of hydrogen-bond donors (Lipinski definition) is 3. The third-order valence-corrected chi connectivity index (χ3v) is 12.6. The second kappa shape index (κ2) is 12.5. The number of amides is 3. The highest BCUT2D eigenvalue weighted by Crippen LogP contribution is 2.51. The summed E-state index contributed by atoms with van der Waals surface area (Å²) in [6, 6.07) is 16.5. The van der Waals surface area contributed by atoms with Gasteiger partial charge in [-0.25, -0.2) is 8.42 Å². The number of nitrogens with two attached hydrogens (primary N) is 1. The number of carbonyl (C=O) groups is 3. The summed E-state index contributed by atoms with van der Waals surface area (Å²) in [6.07, 6.45) is 3.09. The van der Waals surface area contributed by atoms with E-state index in [1.54, 1.807) is 22.7 Å². The van der Waals surface area contributed by atoms with Crippen molar-refractivity contribution in [3.63, 3.8) is 0 Å². The fraction of sp³-hybridized carbons (Fsp3) is 0.514. The molecule has 4 N–H and O–H groups in total. The van der Waals surface area contributed by atoms with E-state index in [4.69, 9.17) is 5.73 Å². The first kappa shape index (κ1) is 34.2. The van der Waals surface area contributed by atoms with Gasteiger partial charge in [-0.05, 0) is 53.0 Å². The summed E-state index contributed by atoms with van der Waals surface area (Å²) in [5.74, 6) is -2.05. The number of nitrogens with one attached hydrogen (secondary N) is 2. The van der Waals surface area contributed by atoms with Crippen molar-refractivity contribution in [2.24, 2.45) is 17.1 Å². The molecule has 5 rings (SSSR count). The molecule has 3 amide bonds. The van der Waals surface area contributed by atoms with Gasteiger partial charge in [-0.2, -0.15) is 0 Å². The molecule has 2 aromatic carbocycles. The van der Waals surface area contributed by atoms with Crippen LogP contribution in [-0.2, 0) is 29.2 Å². The lowest BCUT2D eigenvalue weighted by molar-refractivity contribution is -0.142. The zero-order valence-corrected chi connectivity index (χ0v) is 28.9. The lowest BCUT2D eigenvalue weighted by atomic mass is 9.86. The maximum absolute atomic E-state index is 14.3. The van der Waals surface area contributed by atoms with Crippen LogP contribution in [0.1, 0.15) is 65.9 Å². The molecule has 2 saturated carbocycles. The Kier molecular flexibility index (Phi) is 9.27. The third kappa shape index (κ3) is 6.78. The van der Waals surface area contributed by atoms with E-state index in [9.17, 15) is 22.8 Å². The van der Waals surface area contributed by atoms with Crippen molar-refractivity contribution in [2.75, 3.05) is 6.54 Å². The summed E-state index contributed by atoms with van der Waals surface area (Å²) in [5.41, 5.74) is 7.63. The van der Waals surface area contributed by atoms with E-state index in [1.165, 1.54) is 0 Å². The van der Waals surface area contributed by atoms with Crippen molar-refractivity contribution in [3.05, 3.63) is 72.8 Å². The van der Waals surface area contributed by atoms with E-state index in [-0.39, 0.29) is 24.1 Å². The monoisotopic (exact) mass is 666 g/mol. The first-order chi connectivity index (χ1) is 21.5. The van der Waals surface area contributed by atoms with Gasteiger partial charge in [0.15, 0.2) is 0 Å². The van der Waals surface area contributed by atoms with E-state index in [0.717, 1.165) is 16.7 Å². The van der Waals surface area contributed by atoms with Crippen molar-refractivity contribution >= 4 is 39.5 Å². The number of sulfonamides is 1. The molecule has 5 atom stereocenters. The van der Waals surface area contributed by atoms with Crippen LogP contribution in [0, 0.1) is 11.3 Å². The molecular formula is C35H46N4O5S2. The van der Waals surface area contributed by atoms with Crippen molar-refractivity contribution in [3.8, 4) is 11.1 Å². The average Bonchev–Trinajstić information content (AvgIpc) is 3.93. The number of likely N-dealkylation sites (tertiary alicyclic amines) is 1. The lowest BCUT2D eigenvalue weighted by Gasteiger charge is -2.34. The average molecular weight is 667 g/mol. The summed E-state index contributed by atoms with van der Waals surface area (Å²) in [6.45, 7) is 13.9. The zero-order valence-electron chi connectivity index (χ0n) is 27.3. The van der Waals surface area contributed by atoms with Crippen molar-refractivity contribution in [1.82, 2.24) is 14.9 Å². The number of rotatable bonds is 11. The summed E-state index contributed by atoms with van der Waals surface area (Å²) < 4.78 is 26.9. The highest BCUT2D eigenvalue weighted by Gasteiger charge is 2.62. The number of benzene rings is 2. The van der Waals surface area contributed by atoms with Crippen LogP contribution in [0.3, 0.4) is 0 Å². The number of thioether (sulfide) groups is 1. The summed E-state index contributed by atoms with van der Waals surface area (Å²) in [7, 11) is -3.83. The summed E-state index contributed by atoms with van der Waals surface area (Å²) >= 11 is 1.70. The van der Waals surface area contributed by atoms with E-state index in [0.29, 0.717) is 19.3 Å². The van der Waals surface area contributed by atoms with Gasteiger partial charge in [-0.3, -0.25) is 19.1 Å². The largest absolute Gasteiger partial charge is 0.339 e. The zero-order chi connectivity index (χ0) is 33.7. The molecule has 2 aromatic rings. The molecule has 248 valence electrons. The Morgan fingerprint density at radius 2 is 1.63 bits per heavy atom. The first-order valence-corrected chi connectivity index (χ1v) is 18.4. The fourth-order valence-corrected chi connectivity index (χ4v) is 9.32. The van der Waals surface area contributed by atoms with Gasteiger partial charge in [0, 0.05) is 12.5 Å². The predicted molar refractivity (Wildman–Crippen MR) is 183 cm³/mol. The van der Waals surface area contributed by atoms with E-state index < -0.39 is 60.8 Å². The minimum atomic E-state index is -3.83. The van der Waals surface area contributed by atoms with Crippen LogP contribution >= 0.6 is 11.8 Å². The molecule has 0 bridgehead atoms. The maximum atomic E-state index is 14.3. The van der Waals surface area contributed by atoms with Crippen molar-refractivity contribution < 1.29 is 22.8 Å². The quantitative estimate of drug-likeness (QED) is 0.304. The minimum absolute atomic E-state index is 0.169. The van der Waals surface area contributed by atoms with E-state index in [1.807, 2.05) is 51.1 Å². The van der Waals surface area contributed by atoms with Crippen LogP contribution in [0.5, 0.6) is 0 Å².